The third kappa shape index (κ3) is 3.35. The number of benzene rings is 2. The van der Waals surface area contributed by atoms with Gasteiger partial charge in [0.05, 0.1) is 19.6 Å². The number of fused-ring (bicyclic) bond motifs is 1. The minimum absolute atomic E-state index is 0.129. The van der Waals surface area contributed by atoms with Crippen LogP contribution >= 0.6 is 0 Å². The van der Waals surface area contributed by atoms with E-state index in [2.05, 4.69) is 46.5 Å². The van der Waals surface area contributed by atoms with Crippen LogP contribution in [0.4, 0.5) is 0 Å². The van der Waals surface area contributed by atoms with Crippen LogP contribution in [0, 0.1) is 6.92 Å². The number of carbonyl (C=O) groups is 1. The van der Waals surface area contributed by atoms with Crippen molar-refractivity contribution in [2.75, 3.05) is 6.61 Å². The molecule has 1 aliphatic rings. The number of aryl methyl sites for hydroxylation is 1. The highest BCUT2D eigenvalue weighted by Gasteiger charge is 2.33. The molecule has 0 amide bonds. The molecule has 2 aromatic carbocycles. The Hall–Kier alpha value is -2.88. The molecule has 0 bridgehead atoms. The summed E-state index contributed by atoms with van der Waals surface area (Å²) in [4.78, 5) is 13.1. The van der Waals surface area contributed by atoms with E-state index in [0.29, 0.717) is 6.61 Å². The van der Waals surface area contributed by atoms with E-state index >= 15 is 0 Å². The average Bonchev–Trinajstić information content (AvgIpc) is 3.31. The zero-order chi connectivity index (χ0) is 19.7. The fraction of sp³-hybridized carbons (Fsp3) is 0.333. The summed E-state index contributed by atoms with van der Waals surface area (Å²) in [7, 11) is 0. The van der Waals surface area contributed by atoms with Gasteiger partial charge in [0, 0.05) is 11.1 Å². The fourth-order valence-electron chi connectivity index (χ4n) is 4.00. The van der Waals surface area contributed by atoms with E-state index in [9.17, 15) is 4.79 Å². The van der Waals surface area contributed by atoms with E-state index in [1.807, 2.05) is 38.1 Å². The lowest BCUT2D eigenvalue weighted by molar-refractivity contribution is -0.710. The molecule has 2 heterocycles. The monoisotopic (exact) mass is 375 g/mol. The molecule has 4 heteroatoms. The number of hydrogen-bond donors (Lipinski definition) is 0. The molecule has 1 aromatic heterocycles. The Bertz CT molecular complexity index is 985. The van der Waals surface area contributed by atoms with E-state index in [0.717, 1.165) is 30.7 Å². The summed E-state index contributed by atoms with van der Waals surface area (Å²) in [5.74, 6) is 2.16. The van der Waals surface area contributed by atoms with Crippen molar-refractivity contribution in [3.05, 3.63) is 71.7 Å². The van der Waals surface area contributed by atoms with E-state index in [1.165, 1.54) is 22.6 Å². The number of ketones is 1. The lowest BCUT2D eigenvalue weighted by atomic mass is 10.0. The van der Waals surface area contributed by atoms with Gasteiger partial charge in [0.2, 0.25) is 5.78 Å². The Labute approximate surface area is 166 Å². The van der Waals surface area contributed by atoms with Crippen molar-refractivity contribution in [2.45, 2.75) is 46.2 Å². The number of hydrogen-bond acceptors (Lipinski definition) is 2. The van der Waals surface area contributed by atoms with Gasteiger partial charge in [-0.25, -0.2) is 9.13 Å². The van der Waals surface area contributed by atoms with E-state index in [4.69, 9.17) is 4.74 Å². The largest absolute Gasteiger partial charge is 0.494 e. The minimum Gasteiger partial charge on any atom is -0.494 e. The molecular weight excluding hydrogens is 348 g/mol. The fourth-order valence-corrected chi connectivity index (χ4v) is 4.00. The summed E-state index contributed by atoms with van der Waals surface area (Å²) in [6.45, 7) is 7.69. The molecule has 3 aromatic rings. The highest BCUT2D eigenvalue weighted by Crippen LogP contribution is 2.26. The van der Waals surface area contributed by atoms with E-state index in [-0.39, 0.29) is 11.8 Å². The number of ether oxygens (including phenoxy) is 1. The molecule has 0 unspecified atom stereocenters. The SMILES string of the molecule is CCOc1ccc(C(=O)[C@H](C)[n+]2cc(-c3ccc(C)cc3)n3c2CCC3)cc1. The van der Waals surface area contributed by atoms with Crippen LogP contribution in [0.2, 0.25) is 0 Å². The smallest absolute Gasteiger partial charge is 0.257 e. The van der Waals surface area contributed by atoms with Gasteiger partial charge >= 0.3 is 0 Å². The standard InChI is InChI=1S/C24H27N2O2/c1-4-28-21-13-11-20(12-14-21)24(27)18(3)26-16-22(25-15-5-6-23(25)26)19-9-7-17(2)8-10-19/h7-14,16,18H,4-6,15H2,1-3H3/q+1/t18-/m0/s1. The molecule has 0 N–H and O–H groups in total. The Balaban J connectivity index is 1.66. The van der Waals surface area contributed by atoms with Crippen molar-refractivity contribution in [2.24, 2.45) is 0 Å². The lowest BCUT2D eigenvalue weighted by Crippen LogP contribution is -2.44. The van der Waals surface area contributed by atoms with Crippen molar-refractivity contribution < 1.29 is 14.1 Å². The van der Waals surface area contributed by atoms with Gasteiger partial charge in [-0.2, -0.15) is 0 Å². The molecule has 0 aliphatic carbocycles. The molecular formula is C24H27N2O2+. The van der Waals surface area contributed by atoms with Crippen LogP contribution in [-0.4, -0.2) is 17.0 Å². The quantitative estimate of drug-likeness (QED) is 0.468. The van der Waals surface area contributed by atoms with Gasteiger partial charge in [0.1, 0.15) is 11.9 Å². The molecule has 1 atom stereocenters. The normalized spacial score (nSPS) is 14.0. The van der Waals surface area contributed by atoms with Gasteiger partial charge in [0.15, 0.2) is 11.7 Å². The Kier molecular flexibility index (Phi) is 5.03. The Morgan fingerprint density at radius 3 is 2.54 bits per heavy atom. The van der Waals surface area contributed by atoms with E-state index < -0.39 is 0 Å². The molecule has 144 valence electrons. The zero-order valence-electron chi connectivity index (χ0n) is 16.8. The zero-order valence-corrected chi connectivity index (χ0v) is 16.8. The van der Waals surface area contributed by atoms with Gasteiger partial charge in [-0.05, 0) is 51.5 Å². The minimum atomic E-state index is -0.239. The van der Waals surface area contributed by atoms with Crippen molar-refractivity contribution in [1.29, 1.82) is 0 Å². The topological polar surface area (TPSA) is 35.1 Å². The number of carbonyl (C=O) groups excluding carboxylic acids is 1. The van der Waals surface area contributed by atoms with Gasteiger partial charge in [-0.1, -0.05) is 29.8 Å². The predicted molar refractivity (Wildman–Crippen MR) is 110 cm³/mol. The second kappa shape index (κ2) is 7.63. The second-order valence-electron chi connectivity index (χ2n) is 7.46. The van der Waals surface area contributed by atoms with Crippen LogP contribution < -0.4 is 9.30 Å². The first-order valence-electron chi connectivity index (χ1n) is 10.1. The summed E-state index contributed by atoms with van der Waals surface area (Å²) in [6, 6.07) is 15.8. The van der Waals surface area contributed by atoms with Crippen LogP contribution in [0.25, 0.3) is 11.3 Å². The number of imidazole rings is 1. The molecule has 0 saturated carbocycles. The summed E-state index contributed by atoms with van der Waals surface area (Å²) >= 11 is 0. The van der Waals surface area contributed by atoms with Gasteiger partial charge in [0.25, 0.3) is 5.82 Å². The summed E-state index contributed by atoms with van der Waals surface area (Å²) < 4.78 is 10.0. The second-order valence-corrected chi connectivity index (χ2v) is 7.46. The third-order valence-electron chi connectivity index (χ3n) is 5.54. The highest BCUT2D eigenvalue weighted by molar-refractivity contribution is 5.97. The molecule has 0 saturated heterocycles. The molecule has 0 fully saturated rings. The first kappa shape index (κ1) is 18.5. The van der Waals surface area contributed by atoms with Crippen molar-refractivity contribution in [3.63, 3.8) is 0 Å². The number of nitrogens with zero attached hydrogens (tertiary/aromatic N) is 2. The maximum atomic E-state index is 13.1. The molecule has 0 spiro atoms. The van der Waals surface area contributed by atoms with Crippen molar-refractivity contribution in [1.82, 2.24) is 4.57 Å². The van der Waals surface area contributed by atoms with Crippen LogP contribution in [0.5, 0.6) is 5.75 Å². The van der Waals surface area contributed by atoms with Crippen LogP contribution in [0.15, 0.2) is 54.7 Å². The summed E-state index contributed by atoms with van der Waals surface area (Å²) in [5, 5.41) is 0. The maximum Gasteiger partial charge on any atom is 0.257 e. The summed E-state index contributed by atoms with van der Waals surface area (Å²) in [5.41, 5.74) is 4.37. The van der Waals surface area contributed by atoms with Gasteiger partial charge in [-0.15, -0.1) is 0 Å². The van der Waals surface area contributed by atoms with Crippen LogP contribution in [-0.2, 0) is 13.0 Å². The van der Waals surface area contributed by atoms with Crippen LogP contribution in [0.3, 0.4) is 0 Å². The molecule has 4 rings (SSSR count). The Morgan fingerprint density at radius 1 is 1.14 bits per heavy atom. The van der Waals surface area contributed by atoms with Gasteiger partial charge in [-0.3, -0.25) is 4.79 Å². The molecule has 0 radical (unpaired) electrons. The molecule has 4 nitrogen and oxygen atoms in total. The summed E-state index contributed by atoms with van der Waals surface area (Å²) in [6.07, 6.45) is 4.28. The lowest BCUT2D eigenvalue weighted by Gasteiger charge is -2.10. The molecule has 28 heavy (non-hydrogen) atoms. The van der Waals surface area contributed by atoms with Crippen molar-refractivity contribution >= 4 is 5.78 Å². The number of Topliss-reactive ketones (excluding diaryl/α,β-unsaturated/α-hetero) is 1. The number of rotatable bonds is 6. The number of aromatic nitrogens is 2. The Morgan fingerprint density at radius 2 is 1.86 bits per heavy atom. The predicted octanol–water partition coefficient (Wildman–Crippen LogP) is 4.54. The van der Waals surface area contributed by atoms with Crippen molar-refractivity contribution in [3.8, 4) is 17.0 Å². The average molecular weight is 375 g/mol. The first-order chi connectivity index (χ1) is 13.6. The van der Waals surface area contributed by atoms with E-state index in [1.54, 1.807) is 0 Å². The van der Waals surface area contributed by atoms with Gasteiger partial charge < -0.3 is 4.74 Å². The van der Waals surface area contributed by atoms with Crippen LogP contribution in [0.1, 0.15) is 48.1 Å². The first-order valence-corrected chi connectivity index (χ1v) is 10.1. The third-order valence-corrected chi connectivity index (χ3v) is 5.54. The molecule has 1 aliphatic heterocycles. The highest BCUT2D eigenvalue weighted by atomic mass is 16.5. The maximum absolute atomic E-state index is 13.1.